The maximum atomic E-state index is 13.3. The third kappa shape index (κ3) is 2.64. The van der Waals surface area contributed by atoms with Crippen LogP contribution >= 0.6 is 0 Å². The van der Waals surface area contributed by atoms with E-state index in [4.69, 9.17) is 4.42 Å². The number of carbonyl (C=O) groups excluding carboxylic acids is 1. The van der Waals surface area contributed by atoms with E-state index < -0.39 is 11.6 Å². The van der Waals surface area contributed by atoms with Gasteiger partial charge in [-0.2, -0.15) is 5.10 Å². The van der Waals surface area contributed by atoms with Gasteiger partial charge in [-0.05, 0) is 18.2 Å². The Morgan fingerprint density at radius 1 is 1.36 bits per heavy atom. The number of rotatable bonds is 4. The molecular formula is C15H10FN3O3. The molecule has 0 aliphatic carbocycles. The zero-order valence-corrected chi connectivity index (χ0v) is 11.2. The maximum absolute atomic E-state index is 13.3. The van der Waals surface area contributed by atoms with Gasteiger partial charge in [0.15, 0.2) is 11.5 Å². The Morgan fingerprint density at radius 3 is 2.95 bits per heavy atom. The van der Waals surface area contributed by atoms with Crippen molar-refractivity contribution in [2.24, 2.45) is 0 Å². The molecule has 0 saturated carbocycles. The van der Waals surface area contributed by atoms with Gasteiger partial charge in [-0.3, -0.25) is 9.89 Å². The average molecular weight is 299 g/mol. The van der Waals surface area contributed by atoms with E-state index in [2.05, 4.69) is 15.2 Å². The summed E-state index contributed by atoms with van der Waals surface area (Å²) in [6.45, 7) is 0. The minimum atomic E-state index is -0.504. The predicted molar refractivity (Wildman–Crippen MR) is 75.4 cm³/mol. The highest BCUT2D eigenvalue weighted by Crippen LogP contribution is 2.26. The fourth-order valence-corrected chi connectivity index (χ4v) is 1.96. The van der Waals surface area contributed by atoms with Crippen molar-refractivity contribution in [3.63, 3.8) is 0 Å². The smallest absolute Gasteiger partial charge is 0.215 e. The SMILES string of the molecule is O=C(C=C(O)c1nc[nH]n1)c1ccoc1-c1cccc(F)c1. The van der Waals surface area contributed by atoms with Crippen molar-refractivity contribution in [3.8, 4) is 11.3 Å². The number of hydrogen-bond acceptors (Lipinski definition) is 5. The van der Waals surface area contributed by atoms with E-state index in [9.17, 15) is 14.3 Å². The monoisotopic (exact) mass is 299 g/mol. The summed E-state index contributed by atoms with van der Waals surface area (Å²) < 4.78 is 18.6. The number of ketones is 1. The number of carbonyl (C=O) groups is 1. The summed E-state index contributed by atoms with van der Waals surface area (Å²) in [5.41, 5.74) is 0.631. The van der Waals surface area contributed by atoms with Crippen LogP contribution in [0.25, 0.3) is 17.1 Å². The summed E-state index contributed by atoms with van der Waals surface area (Å²) in [5, 5.41) is 15.9. The van der Waals surface area contributed by atoms with Gasteiger partial charge in [0.25, 0.3) is 0 Å². The van der Waals surface area contributed by atoms with Gasteiger partial charge in [-0.15, -0.1) is 0 Å². The van der Waals surface area contributed by atoms with E-state index in [1.54, 1.807) is 6.07 Å². The number of aromatic nitrogens is 3. The Morgan fingerprint density at radius 2 is 2.23 bits per heavy atom. The molecular weight excluding hydrogens is 289 g/mol. The Kier molecular flexibility index (Phi) is 3.53. The maximum Gasteiger partial charge on any atom is 0.215 e. The van der Waals surface area contributed by atoms with Crippen molar-refractivity contribution in [2.45, 2.75) is 0 Å². The molecule has 110 valence electrons. The van der Waals surface area contributed by atoms with Gasteiger partial charge < -0.3 is 9.52 Å². The molecule has 3 aromatic rings. The largest absolute Gasteiger partial charge is 0.504 e. The lowest BCUT2D eigenvalue weighted by Gasteiger charge is -2.00. The summed E-state index contributed by atoms with van der Waals surface area (Å²) in [7, 11) is 0. The number of allylic oxidation sites excluding steroid dienone is 1. The minimum Gasteiger partial charge on any atom is -0.504 e. The third-order valence-corrected chi connectivity index (χ3v) is 2.93. The van der Waals surface area contributed by atoms with Crippen LogP contribution in [-0.4, -0.2) is 26.1 Å². The summed E-state index contributed by atoms with van der Waals surface area (Å²) in [4.78, 5) is 16.0. The average Bonchev–Trinajstić information content (AvgIpc) is 3.18. The number of furan rings is 1. The quantitative estimate of drug-likeness (QED) is 0.439. The second kappa shape index (κ2) is 5.65. The van der Waals surface area contributed by atoms with E-state index in [1.165, 1.54) is 36.9 Å². The molecule has 0 radical (unpaired) electrons. The second-order valence-electron chi connectivity index (χ2n) is 4.39. The highest BCUT2D eigenvalue weighted by Gasteiger charge is 2.17. The standard InChI is InChI=1S/C15H10FN3O3/c16-10-3-1-2-9(6-10)14-11(4-5-22-14)12(20)7-13(21)15-17-8-18-19-15/h1-8,21H,(H,17,18,19). The molecule has 0 bridgehead atoms. The van der Waals surface area contributed by atoms with E-state index >= 15 is 0 Å². The molecule has 0 aliphatic rings. The highest BCUT2D eigenvalue weighted by molar-refractivity contribution is 6.10. The number of aliphatic hydroxyl groups is 1. The number of aliphatic hydroxyl groups excluding tert-OH is 1. The number of benzene rings is 1. The number of nitrogens with zero attached hydrogens (tertiary/aromatic N) is 2. The molecule has 2 N–H and O–H groups in total. The van der Waals surface area contributed by atoms with Gasteiger partial charge in [0, 0.05) is 11.6 Å². The molecule has 3 rings (SSSR count). The fraction of sp³-hybridized carbons (Fsp3) is 0. The molecule has 0 unspecified atom stereocenters. The Hall–Kier alpha value is -3.22. The molecule has 2 heterocycles. The Bertz CT molecular complexity index is 837. The number of hydrogen-bond donors (Lipinski definition) is 2. The summed E-state index contributed by atoms with van der Waals surface area (Å²) in [6, 6.07) is 7.14. The minimum absolute atomic E-state index is 0.00384. The van der Waals surface area contributed by atoms with E-state index in [0.29, 0.717) is 5.56 Å². The first-order chi connectivity index (χ1) is 10.6. The van der Waals surface area contributed by atoms with Crippen molar-refractivity contribution in [2.75, 3.05) is 0 Å². The molecule has 1 aromatic carbocycles. The van der Waals surface area contributed by atoms with Crippen LogP contribution in [0.15, 0.2) is 53.4 Å². The first-order valence-corrected chi connectivity index (χ1v) is 6.29. The highest BCUT2D eigenvalue weighted by atomic mass is 19.1. The molecule has 2 aromatic heterocycles. The van der Waals surface area contributed by atoms with Crippen molar-refractivity contribution in [1.29, 1.82) is 0 Å². The lowest BCUT2D eigenvalue weighted by Crippen LogP contribution is -1.98. The Balaban J connectivity index is 1.95. The van der Waals surface area contributed by atoms with Crippen molar-refractivity contribution >= 4 is 11.5 Å². The van der Waals surface area contributed by atoms with E-state index in [1.807, 2.05) is 0 Å². The van der Waals surface area contributed by atoms with Gasteiger partial charge in [-0.1, -0.05) is 12.1 Å². The van der Waals surface area contributed by atoms with Gasteiger partial charge >= 0.3 is 0 Å². The lowest BCUT2D eigenvalue weighted by molar-refractivity contribution is 0.104. The number of nitrogens with one attached hydrogen (secondary N) is 1. The number of halogens is 1. The van der Waals surface area contributed by atoms with Crippen molar-refractivity contribution in [3.05, 3.63) is 66.2 Å². The Labute approximate surface area is 123 Å². The first kappa shape index (κ1) is 13.7. The summed E-state index contributed by atoms with van der Waals surface area (Å²) in [5.74, 6) is -1.09. The zero-order valence-electron chi connectivity index (χ0n) is 11.2. The first-order valence-electron chi connectivity index (χ1n) is 6.29. The van der Waals surface area contributed by atoms with E-state index in [0.717, 1.165) is 6.08 Å². The molecule has 7 heteroatoms. The molecule has 0 aliphatic heterocycles. The molecule has 22 heavy (non-hydrogen) atoms. The van der Waals surface area contributed by atoms with Crippen LogP contribution in [0.1, 0.15) is 16.2 Å². The predicted octanol–water partition coefficient (Wildman–Crippen LogP) is 2.99. The van der Waals surface area contributed by atoms with Gasteiger partial charge in [-0.25, -0.2) is 9.37 Å². The number of H-pyrrole nitrogens is 1. The van der Waals surface area contributed by atoms with Gasteiger partial charge in [0.1, 0.15) is 17.9 Å². The van der Waals surface area contributed by atoms with Crippen LogP contribution in [-0.2, 0) is 0 Å². The van der Waals surface area contributed by atoms with Crippen LogP contribution in [0.3, 0.4) is 0 Å². The fourth-order valence-electron chi connectivity index (χ4n) is 1.96. The van der Waals surface area contributed by atoms with Crippen LogP contribution < -0.4 is 0 Å². The van der Waals surface area contributed by atoms with Gasteiger partial charge in [0.2, 0.25) is 5.82 Å². The zero-order chi connectivity index (χ0) is 15.5. The van der Waals surface area contributed by atoms with E-state index in [-0.39, 0.29) is 22.9 Å². The number of aromatic amines is 1. The van der Waals surface area contributed by atoms with Crippen LogP contribution in [0.5, 0.6) is 0 Å². The topological polar surface area (TPSA) is 92.0 Å². The normalized spacial score (nSPS) is 11.6. The molecule has 0 saturated heterocycles. The third-order valence-electron chi connectivity index (χ3n) is 2.93. The van der Waals surface area contributed by atoms with Crippen molar-refractivity contribution < 1.29 is 18.7 Å². The molecule has 0 fully saturated rings. The van der Waals surface area contributed by atoms with Crippen LogP contribution in [0.4, 0.5) is 4.39 Å². The summed E-state index contributed by atoms with van der Waals surface area (Å²) >= 11 is 0. The van der Waals surface area contributed by atoms with Crippen LogP contribution in [0.2, 0.25) is 0 Å². The molecule has 0 atom stereocenters. The van der Waals surface area contributed by atoms with Crippen molar-refractivity contribution in [1.82, 2.24) is 15.2 Å². The molecule has 0 spiro atoms. The molecule has 6 nitrogen and oxygen atoms in total. The molecule has 0 amide bonds. The van der Waals surface area contributed by atoms with Crippen LogP contribution in [0, 0.1) is 5.82 Å². The van der Waals surface area contributed by atoms with Gasteiger partial charge in [0.05, 0.1) is 11.8 Å². The summed E-state index contributed by atoms with van der Waals surface area (Å²) in [6.07, 6.45) is 3.59. The second-order valence-corrected chi connectivity index (χ2v) is 4.39. The lowest BCUT2D eigenvalue weighted by atomic mass is 10.1.